The number of ether oxygens (including phenoxy) is 1. The Bertz CT molecular complexity index is 591. The molecule has 0 spiro atoms. The van der Waals surface area contributed by atoms with Gasteiger partial charge in [0.15, 0.2) is 5.78 Å². The zero-order chi connectivity index (χ0) is 14.0. The average molecular weight is 258 g/mol. The molecule has 1 aromatic carbocycles. The van der Waals surface area contributed by atoms with Crippen molar-refractivity contribution >= 4 is 5.78 Å². The van der Waals surface area contributed by atoms with Crippen molar-refractivity contribution in [1.82, 2.24) is 0 Å². The van der Waals surface area contributed by atoms with Gasteiger partial charge in [-0.2, -0.15) is 0 Å². The maximum atomic E-state index is 12.5. The van der Waals surface area contributed by atoms with Crippen LogP contribution in [0.25, 0.3) is 0 Å². The molecule has 0 amide bonds. The fraction of sp³-hybridized carbons (Fsp3) is 0.312. The Morgan fingerprint density at radius 1 is 1.11 bits per heavy atom. The highest BCUT2D eigenvalue weighted by Crippen LogP contribution is 2.24. The molecule has 0 saturated heterocycles. The van der Waals surface area contributed by atoms with E-state index < -0.39 is 0 Å². The molecule has 3 heteroatoms. The van der Waals surface area contributed by atoms with Gasteiger partial charge in [-0.15, -0.1) is 0 Å². The van der Waals surface area contributed by atoms with Crippen LogP contribution in [-0.2, 0) is 0 Å². The molecule has 0 radical (unpaired) electrons. The molecule has 2 rings (SSSR count). The lowest BCUT2D eigenvalue weighted by Gasteiger charge is -2.05. The lowest BCUT2D eigenvalue weighted by Crippen LogP contribution is -2.03. The van der Waals surface area contributed by atoms with Gasteiger partial charge in [-0.1, -0.05) is 0 Å². The van der Waals surface area contributed by atoms with Gasteiger partial charge < -0.3 is 9.15 Å². The summed E-state index contributed by atoms with van der Waals surface area (Å²) < 4.78 is 10.9. The van der Waals surface area contributed by atoms with E-state index in [9.17, 15) is 4.79 Å². The predicted molar refractivity (Wildman–Crippen MR) is 74.0 cm³/mol. The number of hydrogen-bond acceptors (Lipinski definition) is 3. The first kappa shape index (κ1) is 13.4. The Balaban J connectivity index is 2.33. The molecule has 0 unspecified atom stereocenters. The van der Waals surface area contributed by atoms with E-state index in [-0.39, 0.29) is 5.78 Å². The smallest absolute Gasteiger partial charge is 0.196 e. The summed E-state index contributed by atoms with van der Waals surface area (Å²) in [7, 11) is 0. The lowest BCUT2D eigenvalue weighted by atomic mass is 10.00. The molecule has 0 aliphatic rings. The van der Waals surface area contributed by atoms with E-state index >= 15 is 0 Å². The Kier molecular flexibility index (Phi) is 3.74. The monoisotopic (exact) mass is 258 g/mol. The van der Waals surface area contributed by atoms with Crippen molar-refractivity contribution < 1.29 is 13.9 Å². The summed E-state index contributed by atoms with van der Waals surface area (Å²) in [6.07, 6.45) is 0. The molecule has 0 fully saturated rings. The molecule has 2 aromatic rings. The normalized spacial score (nSPS) is 10.5. The number of benzene rings is 1. The van der Waals surface area contributed by atoms with Gasteiger partial charge in [0.05, 0.1) is 12.2 Å². The third kappa shape index (κ3) is 2.55. The highest BCUT2D eigenvalue weighted by molar-refractivity contribution is 6.10. The summed E-state index contributed by atoms with van der Waals surface area (Å²) in [6.45, 7) is 8.15. The number of rotatable bonds is 4. The number of aryl methyl sites for hydroxylation is 2. The van der Waals surface area contributed by atoms with Crippen LogP contribution in [0.4, 0.5) is 0 Å². The first-order valence-electron chi connectivity index (χ1n) is 6.38. The quantitative estimate of drug-likeness (QED) is 0.782. The summed E-state index contributed by atoms with van der Waals surface area (Å²) in [5.74, 6) is 2.24. The maximum Gasteiger partial charge on any atom is 0.196 e. The topological polar surface area (TPSA) is 39.4 Å². The molecule has 19 heavy (non-hydrogen) atoms. The molecule has 3 nitrogen and oxygen atoms in total. The van der Waals surface area contributed by atoms with E-state index in [2.05, 4.69) is 0 Å². The standard InChI is InChI=1S/C16H18O3/c1-5-18-14-8-6-13(7-9-14)16(17)15-10(2)11(3)19-12(15)4/h6-9H,5H2,1-4H3. The zero-order valence-electron chi connectivity index (χ0n) is 11.7. The van der Waals surface area contributed by atoms with Gasteiger partial charge in [0.25, 0.3) is 0 Å². The molecule has 0 aliphatic heterocycles. The number of carbonyl (C=O) groups is 1. The van der Waals surface area contributed by atoms with Crippen LogP contribution in [0, 0.1) is 20.8 Å². The van der Waals surface area contributed by atoms with Gasteiger partial charge in [-0.3, -0.25) is 4.79 Å². The molecule has 0 aliphatic carbocycles. The summed E-state index contributed by atoms with van der Waals surface area (Å²) in [4.78, 5) is 12.5. The van der Waals surface area contributed by atoms with Gasteiger partial charge in [-0.05, 0) is 52.0 Å². The van der Waals surface area contributed by atoms with Crippen LogP contribution in [0.15, 0.2) is 28.7 Å². The molecule has 0 saturated carbocycles. The van der Waals surface area contributed by atoms with Gasteiger partial charge in [0.1, 0.15) is 17.3 Å². The molecule has 0 N–H and O–H groups in total. The second-order valence-electron chi connectivity index (χ2n) is 4.50. The summed E-state index contributed by atoms with van der Waals surface area (Å²) in [5.41, 5.74) is 2.23. The highest BCUT2D eigenvalue weighted by atomic mass is 16.5. The van der Waals surface area contributed by atoms with E-state index in [4.69, 9.17) is 9.15 Å². The number of hydrogen-bond donors (Lipinski definition) is 0. The summed E-state index contributed by atoms with van der Waals surface area (Å²) >= 11 is 0. The number of ketones is 1. The average Bonchev–Trinajstić information content (AvgIpc) is 2.64. The number of carbonyl (C=O) groups excluding carboxylic acids is 1. The largest absolute Gasteiger partial charge is 0.494 e. The van der Waals surface area contributed by atoms with Crippen molar-refractivity contribution in [3.05, 3.63) is 52.5 Å². The highest BCUT2D eigenvalue weighted by Gasteiger charge is 2.19. The van der Waals surface area contributed by atoms with E-state index in [0.717, 1.165) is 17.1 Å². The zero-order valence-corrected chi connectivity index (χ0v) is 11.7. The van der Waals surface area contributed by atoms with Crippen molar-refractivity contribution in [2.24, 2.45) is 0 Å². The van der Waals surface area contributed by atoms with E-state index in [0.29, 0.717) is 23.5 Å². The second-order valence-corrected chi connectivity index (χ2v) is 4.50. The van der Waals surface area contributed by atoms with E-state index in [1.165, 1.54) is 0 Å². The Morgan fingerprint density at radius 3 is 2.21 bits per heavy atom. The minimum atomic E-state index is -0.00472. The maximum absolute atomic E-state index is 12.5. The summed E-state index contributed by atoms with van der Waals surface area (Å²) in [5, 5.41) is 0. The third-order valence-corrected chi connectivity index (χ3v) is 3.22. The predicted octanol–water partition coefficient (Wildman–Crippen LogP) is 3.83. The van der Waals surface area contributed by atoms with Crippen molar-refractivity contribution in [3.8, 4) is 5.75 Å². The van der Waals surface area contributed by atoms with Crippen LogP contribution in [-0.4, -0.2) is 12.4 Å². The lowest BCUT2D eigenvalue weighted by molar-refractivity contribution is 0.103. The SMILES string of the molecule is CCOc1ccc(C(=O)c2c(C)oc(C)c2C)cc1. The first-order chi connectivity index (χ1) is 9.04. The molecule has 0 bridgehead atoms. The molecule has 1 aromatic heterocycles. The fourth-order valence-electron chi connectivity index (χ4n) is 2.14. The van der Waals surface area contributed by atoms with Crippen LogP contribution in [0.2, 0.25) is 0 Å². The van der Waals surface area contributed by atoms with Crippen molar-refractivity contribution in [3.63, 3.8) is 0 Å². The minimum absolute atomic E-state index is 0.00472. The van der Waals surface area contributed by atoms with Crippen LogP contribution < -0.4 is 4.74 Å². The Hall–Kier alpha value is -2.03. The second kappa shape index (κ2) is 5.31. The molecular weight excluding hydrogens is 240 g/mol. The van der Waals surface area contributed by atoms with Crippen LogP contribution in [0.5, 0.6) is 5.75 Å². The molecule has 100 valence electrons. The van der Waals surface area contributed by atoms with Crippen LogP contribution >= 0.6 is 0 Å². The van der Waals surface area contributed by atoms with Gasteiger partial charge in [0.2, 0.25) is 0 Å². The molecular formula is C16H18O3. The van der Waals surface area contributed by atoms with Crippen molar-refractivity contribution in [2.75, 3.05) is 6.61 Å². The Labute approximate surface area is 113 Å². The van der Waals surface area contributed by atoms with Crippen LogP contribution in [0.1, 0.15) is 39.9 Å². The van der Waals surface area contributed by atoms with E-state index in [1.807, 2.05) is 39.8 Å². The minimum Gasteiger partial charge on any atom is -0.494 e. The number of furan rings is 1. The molecule has 0 atom stereocenters. The van der Waals surface area contributed by atoms with Gasteiger partial charge in [-0.25, -0.2) is 0 Å². The van der Waals surface area contributed by atoms with E-state index in [1.54, 1.807) is 12.1 Å². The van der Waals surface area contributed by atoms with Crippen molar-refractivity contribution in [2.45, 2.75) is 27.7 Å². The molecule has 1 heterocycles. The summed E-state index contributed by atoms with van der Waals surface area (Å²) in [6, 6.07) is 7.20. The first-order valence-corrected chi connectivity index (χ1v) is 6.38. The van der Waals surface area contributed by atoms with Gasteiger partial charge >= 0.3 is 0 Å². The van der Waals surface area contributed by atoms with Gasteiger partial charge in [0, 0.05) is 11.1 Å². The third-order valence-electron chi connectivity index (χ3n) is 3.22. The fourth-order valence-corrected chi connectivity index (χ4v) is 2.14. The van der Waals surface area contributed by atoms with Crippen molar-refractivity contribution in [1.29, 1.82) is 0 Å². The van der Waals surface area contributed by atoms with Crippen LogP contribution in [0.3, 0.4) is 0 Å². The Morgan fingerprint density at radius 2 is 1.74 bits per heavy atom.